The average Bonchev–Trinajstić information content (AvgIpc) is 2.89. The molecule has 1 heterocycles. The summed E-state index contributed by atoms with van der Waals surface area (Å²) in [6.07, 6.45) is 2.44. The van der Waals surface area contributed by atoms with Crippen molar-refractivity contribution in [2.24, 2.45) is 0 Å². The number of carbonyl (C=O) groups excluding carboxylic acids is 3. The Labute approximate surface area is 234 Å². The van der Waals surface area contributed by atoms with Gasteiger partial charge in [0, 0.05) is 25.7 Å². The van der Waals surface area contributed by atoms with E-state index >= 15 is 0 Å². The molecule has 8 nitrogen and oxygen atoms in total. The number of nitrogens with one attached hydrogen (secondary N) is 2. The standard InChI is InChI=1S/C30H40F2N4O4/c1-3-5-6-10-36-29(39)19-35(20-30(36)40)18-28(38)34-26(14-23-12-24(31)15-25(32)13-23)27(37)17-33-16-22-9-7-8-21(4-2)11-22/h7-9,11-13,15,26-27,33,37H,3-6,10,14,16-20H2,1-2H3,(H,34,38)/t26-,27-/m0/s1. The minimum atomic E-state index is -1.08. The number of piperazine rings is 1. The highest BCUT2D eigenvalue weighted by Gasteiger charge is 2.32. The zero-order chi connectivity index (χ0) is 29.1. The molecule has 10 heteroatoms. The average molecular weight is 559 g/mol. The monoisotopic (exact) mass is 558 g/mol. The van der Waals surface area contributed by atoms with Gasteiger partial charge in [0.15, 0.2) is 0 Å². The lowest BCUT2D eigenvalue weighted by molar-refractivity contribution is -0.151. The fraction of sp³-hybridized carbons (Fsp3) is 0.500. The third kappa shape index (κ3) is 9.76. The molecule has 0 unspecified atom stereocenters. The number of benzene rings is 2. The third-order valence-corrected chi connectivity index (χ3v) is 6.94. The number of nitrogens with zero attached hydrogens (tertiary/aromatic N) is 2. The summed E-state index contributed by atoms with van der Waals surface area (Å²) in [5.41, 5.74) is 2.52. The van der Waals surface area contributed by atoms with Crippen molar-refractivity contribution in [2.45, 2.75) is 64.6 Å². The van der Waals surface area contributed by atoms with Gasteiger partial charge in [-0.3, -0.25) is 24.2 Å². The van der Waals surface area contributed by atoms with Crippen LogP contribution in [0.25, 0.3) is 0 Å². The molecule has 1 aliphatic rings. The van der Waals surface area contributed by atoms with Gasteiger partial charge in [-0.1, -0.05) is 51.0 Å². The zero-order valence-corrected chi connectivity index (χ0v) is 23.3. The second kappa shape index (κ2) is 15.5. The Morgan fingerprint density at radius 3 is 2.30 bits per heavy atom. The minimum absolute atomic E-state index is 0.0162. The maximum atomic E-state index is 13.8. The predicted octanol–water partition coefficient (Wildman–Crippen LogP) is 2.57. The first-order valence-corrected chi connectivity index (χ1v) is 13.9. The van der Waals surface area contributed by atoms with Crippen LogP contribution in [-0.2, 0) is 33.8 Å². The maximum Gasteiger partial charge on any atom is 0.243 e. The molecule has 0 saturated carbocycles. The molecule has 1 aliphatic heterocycles. The number of aryl methyl sites for hydroxylation is 1. The Morgan fingerprint density at radius 1 is 0.975 bits per heavy atom. The number of amides is 3. The third-order valence-electron chi connectivity index (χ3n) is 6.94. The molecule has 2 aromatic carbocycles. The molecule has 218 valence electrons. The van der Waals surface area contributed by atoms with E-state index in [2.05, 4.69) is 23.6 Å². The van der Waals surface area contributed by atoms with Crippen molar-refractivity contribution in [1.82, 2.24) is 20.4 Å². The van der Waals surface area contributed by atoms with Crippen LogP contribution in [0, 0.1) is 11.6 Å². The van der Waals surface area contributed by atoms with Crippen molar-refractivity contribution in [2.75, 3.05) is 32.7 Å². The van der Waals surface area contributed by atoms with Crippen LogP contribution in [0.3, 0.4) is 0 Å². The van der Waals surface area contributed by atoms with E-state index in [1.807, 2.05) is 25.1 Å². The molecule has 0 aromatic heterocycles. The van der Waals surface area contributed by atoms with Gasteiger partial charge in [-0.15, -0.1) is 0 Å². The van der Waals surface area contributed by atoms with Crippen molar-refractivity contribution >= 4 is 17.7 Å². The molecule has 3 rings (SSSR count). The second-order valence-electron chi connectivity index (χ2n) is 10.3. The lowest BCUT2D eigenvalue weighted by Crippen LogP contribution is -2.57. The van der Waals surface area contributed by atoms with Gasteiger partial charge in [0.1, 0.15) is 11.6 Å². The number of halogens is 2. The Kier molecular flexibility index (Phi) is 12.2. The second-order valence-corrected chi connectivity index (χ2v) is 10.3. The summed E-state index contributed by atoms with van der Waals surface area (Å²) in [4.78, 5) is 40.7. The predicted molar refractivity (Wildman–Crippen MR) is 148 cm³/mol. The fourth-order valence-electron chi connectivity index (χ4n) is 4.82. The van der Waals surface area contributed by atoms with Crippen molar-refractivity contribution in [3.05, 3.63) is 70.8 Å². The van der Waals surface area contributed by atoms with Gasteiger partial charge in [-0.2, -0.15) is 0 Å². The molecule has 0 bridgehead atoms. The molecule has 2 atom stereocenters. The lowest BCUT2D eigenvalue weighted by Gasteiger charge is -2.33. The summed E-state index contributed by atoms with van der Waals surface area (Å²) in [5, 5.41) is 16.9. The van der Waals surface area contributed by atoms with E-state index in [4.69, 9.17) is 0 Å². The van der Waals surface area contributed by atoms with E-state index in [0.717, 1.165) is 49.4 Å². The lowest BCUT2D eigenvalue weighted by atomic mass is 10.0. The maximum absolute atomic E-state index is 13.8. The van der Waals surface area contributed by atoms with Crippen LogP contribution in [-0.4, -0.2) is 77.5 Å². The summed E-state index contributed by atoms with van der Waals surface area (Å²) >= 11 is 0. The van der Waals surface area contributed by atoms with Gasteiger partial charge in [-0.05, 0) is 48.1 Å². The van der Waals surface area contributed by atoms with E-state index < -0.39 is 29.7 Å². The van der Waals surface area contributed by atoms with Crippen LogP contribution in [0.4, 0.5) is 8.78 Å². The largest absolute Gasteiger partial charge is 0.390 e. The first kappa shape index (κ1) is 31.3. The van der Waals surface area contributed by atoms with E-state index in [0.29, 0.717) is 13.1 Å². The Morgan fingerprint density at radius 2 is 1.65 bits per heavy atom. The topological polar surface area (TPSA) is 102 Å². The van der Waals surface area contributed by atoms with E-state index in [1.165, 1.54) is 15.4 Å². The summed E-state index contributed by atoms with van der Waals surface area (Å²) in [7, 11) is 0. The summed E-state index contributed by atoms with van der Waals surface area (Å²) in [6.45, 7) is 4.74. The van der Waals surface area contributed by atoms with Crippen LogP contribution in [0.2, 0.25) is 0 Å². The van der Waals surface area contributed by atoms with Crippen LogP contribution in [0.15, 0.2) is 42.5 Å². The summed E-state index contributed by atoms with van der Waals surface area (Å²) < 4.78 is 27.7. The fourth-order valence-corrected chi connectivity index (χ4v) is 4.82. The molecule has 0 aliphatic carbocycles. The smallest absolute Gasteiger partial charge is 0.243 e. The highest BCUT2D eigenvalue weighted by atomic mass is 19.1. The SMILES string of the molecule is CCCCCN1C(=O)CN(CC(=O)N[C@@H](Cc2cc(F)cc(F)c2)[C@@H](O)CNCc2cccc(CC)c2)CC1=O. The number of imide groups is 1. The molecular weight excluding hydrogens is 518 g/mol. The first-order chi connectivity index (χ1) is 19.2. The quantitative estimate of drug-likeness (QED) is 0.230. The van der Waals surface area contributed by atoms with Gasteiger partial charge in [0.2, 0.25) is 17.7 Å². The molecule has 40 heavy (non-hydrogen) atoms. The number of hydrogen-bond acceptors (Lipinski definition) is 6. The summed E-state index contributed by atoms with van der Waals surface area (Å²) in [5.74, 6) is -2.70. The normalized spacial score (nSPS) is 15.8. The molecule has 0 radical (unpaired) electrons. The van der Waals surface area contributed by atoms with Gasteiger partial charge in [0.05, 0.1) is 31.8 Å². The molecule has 3 amide bonds. The Hall–Kier alpha value is -3.21. The van der Waals surface area contributed by atoms with Crippen molar-refractivity contribution < 1.29 is 28.3 Å². The number of rotatable bonds is 15. The van der Waals surface area contributed by atoms with E-state index in [-0.39, 0.29) is 50.0 Å². The van der Waals surface area contributed by atoms with Gasteiger partial charge in [0.25, 0.3) is 0 Å². The Bertz CT molecular complexity index is 1120. The van der Waals surface area contributed by atoms with Gasteiger partial charge in [-0.25, -0.2) is 8.78 Å². The summed E-state index contributed by atoms with van der Waals surface area (Å²) in [6, 6.07) is 10.3. The van der Waals surface area contributed by atoms with Crippen molar-refractivity contribution in [1.29, 1.82) is 0 Å². The number of unbranched alkanes of at least 4 members (excludes halogenated alkanes) is 2. The number of aliphatic hydroxyl groups is 1. The number of carbonyl (C=O) groups is 3. The molecule has 1 fully saturated rings. The number of aliphatic hydroxyl groups excluding tert-OH is 1. The molecule has 0 spiro atoms. The van der Waals surface area contributed by atoms with E-state index in [1.54, 1.807) is 0 Å². The highest BCUT2D eigenvalue weighted by molar-refractivity contribution is 6.00. The van der Waals surface area contributed by atoms with Gasteiger partial charge < -0.3 is 15.7 Å². The van der Waals surface area contributed by atoms with Crippen molar-refractivity contribution in [3.8, 4) is 0 Å². The van der Waals surface area contributed by atoms with Crippen LogP contribution in [0.5, 0.6) is 0 Å². The number of hydrogen-bond donors (Lipinski definition) is 3. The minimum Gasteiger partial charge on any atom is -0.390 e. The highest BCUT2D eigenvalue weighted by Crippen LogP contribution is 2.13. The zero-order valence-electron chi connectivity index (χ0n) is 23.3. The van der Waals surface area contributed by atoms with Crippen LogP contribution >= 0.6 is 0 Å². The molecule has 1 saturated heterocycles. The Balaban J connectivity index is 1.61. The van der Waals surface area contributed by atoms with Gasteiger partial charge >= 0.3 is 0 Å². The van der Waals surface area contributed by atoms with Crippen LogP contribution < -0.4 is 10.6 Å². The van der Waals surface area contributed by atoms with Crippen LogP contribution in [0.1, 0.15) is 49.8 Å². The van der Waals surface area contributed by atoms with E-state index in [9.17, 15) is 28.3 Å². The molecular formula is C30H40F2N4O4. The van der Waals surface area contributed by atoms with Crippen molar-refractivity contribution in [3.63, 3.8) is 0 Å². The molecule has 3 N–H and O–H groups in total. The first-order valence-electron chi connectivity index (χ1n) is 13.9. The molecule has 2 aromatic rings.